The van der Waals surface area contributed by atoms with Gasteiger partial charge in [0.15, 0.2) is 12.4 Å². The van der Waals surface area contributed by atoms with Gasteiger partial charge in [-0.25, -0.2) is 9.69 Å². The highest BCUT2D eigenvalue weighted by molar-refractivity contribution is 6.22. The smallest absolute Gasteiger partial charge is 0.338 e. The molecule has 1 atom stereocenters. The fourth-order valence-electron chi connectivity index (χ4n) is 3.68. The Morgan fingerprint density at radius 2 is 1.56 bits per heavy atom. The number of nitrogens with zero attached hydrogens (tertiary/aromatic N) is 1. The van der Waals surface area contributed by atoms with Crippen LogP contribution in [-0.4, -0.2) is 36.2 Å². The van der Waals surface area contributed by atoms with E-state index in [1.165, 1.54) is 24.3 Å². The minimum absolute atomic E-state index is 0.0661. The second kappa shape index (κ2) is 10.2. The first kappa shape index (κ1) is 23.1. The first-order valence-corrected chi connectivity index (χ1v) is 10.9. The molecule has 0 aliphatic carbocycles. The van der Waals surface area contributed by atoms with E-state index in [1.807, 2.05) is 49.4 Å². The standard InChI is InChI=1S/C27H24N2O5/c1-18-7-9-20(10-8-18)24(30)17-34-27(33)21-11-13-22(14-12-21)29-25(31)15-23(26(29)32)28-16-19-5-3-2-4-6-19/h2-14,23,28H,15-17H2,1H3. The molecule has 1 unspecified atom stereocenters. The van der Waals surface area contributed by atoms with Crippen molar-refractivity contribution < 1.29 is 23.9 Å². The second-order valence-corrected chi connectivity index (χ2v) is 8.10. The number of rotatable bonds is 8. The Morgan fingerprint density at radius 3 is 2.24 bits per heavy atom. The molecular weight excluding hydrogens is 432 g/mol. The van der Waals surface area contributed by atoms with E-state index in [9.17, 15) is 19.2 Å². The van der Waals surface area contributed by atoms with E-state index in [4.69, 9.17) is 4.74 Å². The number of hydrogen-bond acceptors (Lipinski definition) is 6. The third-order valence-corrected chi connectivity index (χ3v) is 5.61. The van der Waals surface area contributed by atoms with Gasteiger partial charge < -0.3 is 10.1 Å². The highest BCUT2D eigenvalue weighted by atomic mass is 16.5. The molecule has 1 aliphatic rings. The lowest BCUT2D eigenvalue weighted by Crippen LogP contribution is -2.38. The number of esters is 1. The van der Waals surface area contributed by atoms with Crippen molar-refractivity contribution in [2.24, 2.45) is 0 Å². The number of anilines is 1. The molecular formula is C27H24N2O5. The molecule has 1 aliphatic heterocycles. The highest BCUT2D eigenvalue weighted by Crippen LogP contribution is 2.24. The van der Waals surface area contributed by atoms with Gasteiger partial charge in [0.2, 0.25) is 5.91 Å². The zero-order valence-electron chi connectivity index (χ0n) is 18.7. The van der Waals surface area contributed by atoms with Gasteiger partial charge in [-0.1, -0.05) is 60.2 Å². The fourth-order valence-corrected chi connectivity index (χ4v) is 3.68. The number of aryl methyl sites for hydroxylation is 1. The van der Waals surface area contributed by atoms with E-state index >= 15 is 0 Å². The van der Waals surface area contributed by atoms with Crippen molar-refractivity contribution in [3.05, 3.63) is 101 Å². The Bertz CT molecular complexity index is 1200. The molecule has 0 bridgehead atoms. The summed E-state index contributed by atoms with van der Waals surface area (Å²) >= 11 is 0. The Hall–Kier alpha value is -4.10. The Kier molecular flexibility index (Phi) is 6.94. The summed E-state index contributed by atoms with van der Waals surface area (Å²) in [5.41, 5.74) is 3.12. The van der Waals surface area contributed by atoms with Gasteiger partial charge in [-0.05, 0) is 36.8 Å². The topological polar surface area (TPSA) is 92.8 Å². The molecule has 172 valence electrons. The first-order valence-electron chi connectivity index (χ1n) is 10.9. The maximum absolute atomic E-state index is 12.8. The van der Waals surface area contributed by atoms with Crippen LogP contribution in [0.3, 0.4) is 0 Å². The monoisotopic (exact) mass is 456 g/mol. The third kappa shape index (κ3) is 5.27. The number of imide groups is 1. The number of nitrogens with one attached hydrogen (secondary N) is 1. The summed E-state index contributed by atoms with van der Waals surface area (Å²) in [5, 5.41) is 3.13. The van der Waals surface area contributed by atoms with Crippen LogP contribution in [-0.2, 0) is 20.9 Å². The molecule has 0 radical (unpaired) electrons. The quantitative estimate of drug-likeness (QED) is 0.317. The van der Waals surface area contributed by atoms with Crippen molar-refractivity contribution in [3.63, 3.8) is 0 Å². The Balaban J connectivity index is 1.34. The van der Waals surface area contributed by atoms with Gasteiger partial charge in [0.05, 0.1) is 23.7 Å². The van der Waals surface area contributed by atoms with Gasteiger partial charge in [0.25, 0.3) is 5.91 Å². The number of hydrogen-bond donors (Lipinski definition) is 1. The lowest BCUT2D eigenvalue weighted by atomic mass is 10.1. The molecule has 1 heterocycles. The van der Waals surface area contributed by atoms with E-state index in [2.05, 4.69) is 5.32 Å². The number of ether oxygens (including phenoxy) is 1. The van der Waals surface area contributed by atoms with E-state index in [1.54, 1.807) is 12.1 Å². The minimum atomic E-state index is -0.659. The molecule has 7 heteroatoms. The van der Waals surface area contributed by atoms with Crippen molar-refractivity contribution >= 4 is 29.3 Å². The summed E-state index contributed by atoms with van der Waals surface area (Å²) in [7, 11) is 0. The van der Waals surface area contributed by atoms with Crippen LogP contribution in [0.4, 0.5) is 5.69 Å². The van der Waals surface area contributed by atoms with Gasteiger partial charge in [-0.15, -0.1) is 0 Å². The molecule has 34 heavy (non-hydrogen) atoms. The molecule has 0 aromatic heterocycles. The van der Waals surface area contributed by atoms with Crippen molar-refractivity contribution in [1.29, 1.82) is 0 Å². The zero-order chi connectivity index (χ0) is 24.1. The molecule has 2 amide bonds. The van der Waals surface area contributed by atoms with Crippen LogP contribution >= 0.6 is 0 Å². The molecule has 1 N–H and O–H groups in total. The Labute approximate surface area is 197 Å². The summed E-state index contributed by atoms with van der Waals surface area (Å²) in [6.07, 6.45) is 0.0661. The third-order valence-electron chi connectivity index (χ3n) is 5.61. The second-order valence-electron chi connectivity index (χ2n) is 8.10. The minimum Gasteiger partial charge on any atom is -0.454 e. The van der Waals surface area contributed by atoms with Crippen LogP contribution < -0.4 is 10.2 Å². The van der Waals surface area contributed by atoms with Crippen LogP contribution in [0, 0.1) is 6.92 Å². The van der Waals surface area contributed by atoms with Crippen LogP contribution in [0.25, 0.3) is 0 Å². The summed E-state index contributed by atoms with van der Waals surface area (Å²) < 4.78 is 5.13. The van der Waals surface area contributed by atoms with Crippen molar-refractivity contribution in [1.82, 2.24) is 5.32 Å². The van der Waals surface area contributed by atoms with Gasteiger partial charge >= 0.3 is 5.97 Å². The van der Waals surface area contributed by atoms with Crippen LogP contribution in [0.15, 0.2) is 78.9 Å². The summed E-state index contributed by atoms with van der Waals surface area (Å²) in [6, 6.07) is 22.0. The average Bonchev–Trinajstić information content (AvgIpc) is 3.15. The lowest BCUT2D eigenvalue weighted by molar-refractivity contribution is -0.121. The van der Waals surface area contributed by atoms with Crippen LogP contribution in [0.5, 0.6) is 0 Å². The van der Waals surface area contributed by atoms with Crippen LogP contribution in [0.1, 0.15) is 38.3 Å². The highest BCUT2D eigenvalue weighted by Gasteiger charge is 2.39. The van der Waals surface area contributed by atoms with E-state index in [0.29, 0.717) is 17.8 Å². The maximum atomic E-state index is 12.8. The number of ketones is 1. The molecule has 1 fully saturated rings. The lowest BCUT2D eigenvalue weighted by Gasteiger charge is -2.16. The predicted molar refractivity (Wildman–Crippen MR) is 126 cm³/mol. The van der Waals surface area contributed by atoms with Crippen molar-refractivity contribution in [3.8, 4) is 0 Å². The van der Waals surface area contributed by atoms with E-state index in [-0.39, 0.29) is 36.2 Å². The molecule has 1 saturated heterocycles. The molecule has 4 rings (SSSR count). The summed E-state index contributed by atoms with van der Waals surface area (Å²) in [4.78, 5) is 51.0. The number of carbonyl (C=O) groups is 4. The molecule has 0 spiro atoms. The number of carbonyl (C=O) groups excluding carboxylic acids is 4. The molecule has 3 aromatic rings. The van der Waals surface area contributed by atoms with Crippen LogP contribution in [0.2, 0.25) is 0 Å². The SMILES string of the molecule is Cc1ccc(C(=O)COC(=O)c2ccc(N3C(=O)CC(NCc4ccccc4)C3=O)cc2)cc1. The largest absolute Gasteiger partial charge is 0.454 e. The van der Waals surface area contributed by atoms with Crippen molar-refractivity contribution in [2.45, 2.75) is 25.9 Å². The van der Waals surface area contributed by atoms with Crippen molar-refractivity contribution in [2.75, 3.05) is 11.5 Å². The van der Waals surface area contributed by atoms with Gasteiger partial charge in [-0.3, -0.25) is 14.4 Å². The average molecular weight is 456 g/mol. The molecule has 0 saturated carbocycles. The first-order chi connectivity index (χ1) is 16.4. The van der Waals surface area contributed by atoms with E-state index in [0.717, 1.165) is 16.0 Å². The van der Waals surface area contributed by atoms with E-state index < -0.39 is 12.0 Å². The van der Waals surface area contributed by atoms with Gasteiger partial charge in [-0.2, -0.15) is 0 Å². The summed E-state index contributed by atoms with van der Waals surface area (Å²) in [6.45, 7) is 2.02. The molecule has 3 aromatic carbocycles. The Morgan fingerprint density at radius 1 is 0.912 bits per heavy atom. The normalized spacial score (nSPS) is 15.4. The zero-order valence-corrected chi connectivity index (χ0v) is 18.7. The number of Topliss-reactive ketones (excluding diaryl/α,β-unsaturated/α-hetero) is 1. The maximum Gasteiger partial charge on any atom is 0.338 e. The predicted octanol–water partition coefficient (Wildman–Crippen LogP) is 3.46. The van der Waals surface area contributed by atoms with Gasteiger partial charge in [0.1, 0.15) is 0 Å². The summed E-state index contributed by atoms with van der Waals surface area (Å²) in [5.74, 6) is -1.60. The fraction of sp³-hybridized carbons (Fsp3) is 0.185. The number of benzene rings is 3. The number of amides is 2. The molecule has 7 nitrogen and oxygen atoms in total. The van der Waals surface area contributed by atoms with Gasteiger partial charge in [0, 0.05) is 12.1 Å².